The SMILES string of the molecule is Cc1ccc(-c2ccc3c(c2)CN(C)CC=C3c2cc(F)cc(F)c2)nn1. The van der Waals surface area contributed by atoms with Crippen molar-refractivity contribution in [1.82, 2.24) is 15.1 Å². The molecule has 0 aliphatic carbocycles. The van der Waals surface area contributed by atoms with Crippen molar-refractivity contribution in [2.75, 3.05) is 13.6 Å². The minimum Gasteiger partial charge on any atom is -0.298 e. The molecule has 0 amide bonds. The largest absolute Gasteiger partial charge is 0.298 e. The van der Waals surface area contributed by atoms with Crippen LogP contribution in [0.4, 0.5) is 8.78 Å². The molecule has 2 heterocycles. The first-order valence-electron chi connectivity index (χ1n) is 8.79. The zero-order valence-corrected chi connectivity index (χ0v) is 15.2. The van der Waals surface area contributed by atoms with Crippen LogP contribution in [0.1, 0.15) is 22.4 Å². The van der Waals surface area contributed by atoms with Gasteiger partial charge in [-0.05, 0) is 66.6 Å². The van der Waals surface area contributed by atoms with Crippen LogP contribution in [0, 0.1) is 18.6 Å². The van der Waals surface area contributed by atoms with Gasteiger partial charge in [-0.1, -0.05) is 18.2 Å². The fourth-order valence-corrected chi connectivity index (χ4v) is 3.39. The monoisotopic (exact) mass is 363 g/mol. The second kappa shape index (κ2) is 7.00. The van der Waals surface area contributed by atoms with E-state index in [1.54, 1.807) is 0 Å². The third-order valence-corrected chi connectivity index (χ3v) is 4.71. The van der Waals surface area contributed by atoms with E-state index in [9.17, 15) is 8.78 Å². The highest BCUT2D eigenvalue weighted by molar-refractivity contribution is 5.83. The van der Waals surface area contributed by atoms with Gasteiger partial charge in [-0.25, -0.2) is 8.78 Å². The van der Waals surface area contributed by atoms with Crippen molar-refractivity contribution >= 4 is 5.57 Å². The molecule has 0 saturated carbocycles. The fraction of sp³-hybridized carbons (Fsp3) is 0.182. The fourth-order valence-electron chi connectivity index (χ4n) is 3.39. The molecule has 3 aromatic rings. The van der Waals surface area contributed by atoms with Crippen LogP contribution < -0.4 is 0 Å². The molecule has 0 atom stereocenters. The summed E-state index contributed by atoms with van der Waals surface area (Å²) in [5.74, 6) is -1.15. The minimum atomic E-state index is -0.573. The molecule has 0 radical (unpaired) electrons. The highest BCUT2D eigenvalue weighted by atomic mass is 19.1. The van der Waals surface area contributed by atoms with E-state index < -0.39 is 11.6 Å². The predicted molar refractivity (Wildman–Crippen MR) is 102 cm³/mol. The van der Waals surface area contributed by atoms with Gasteiger partial charge in [0.05, 0.1) is 11.4 Å². The number of rotatable bonds is 2. The minimum absolute atomic E-state index is 0.548. The second-order valence-electron chi connectivity index (χ2n) is 6.90. The third kappa shape index (κ3) is 3.64. The van der Waals surface area contributed by atoms with Crippen LogP contribution >= 0.6 is 0 Å². The summed E-state index contributed by atoms with van der Waals surface area (Å²) < 4.78 is 27.5. The molecule has 0 saturated heterocycles. The summed E-state index contributed by atoms with van der Waals surface area (Å²) in [5, 5.41) is 8.39. The molecule has 0 N–H and O–H groups in total. The van der Waals surface area contributed by atoms with Gasteiger partial charge in [0.2, 0.25) is 0 Å². The molecule has 4 rings (SSSR count). The summed E-state index contributed by atoms with van der Waals surface area (Å²) in [4.78, 5) is 2.16. The Morgan fingerprint density at radius 3 is 2.37 bits per heavy atom. The first-order valence-corrected chi connectivity index (χ1v) is 8.79. The molecule has 136 valence electrons. The van der Waals surface area contributed by atoms with Crippen molar-refractivity contribution in [3.63, 3.8) is 0 Å². The lowest BCUT2D eigenvalue weighted by Gasteiger charge is -2.15. The van der Waals surface area contributed by atoms with Crippen LogP contribution in [0.15, 0.2) is 54.6 Å². The predicted octanol–water partition coefficient (Wildman–Crippen LogP) is 4.61. The van der Waals surface area contributed by atoms with E-state index in [-0.39, 0.29) is 0 Å². The molecule has 1 aliphatic rings. The second-order valence-corrected chi connectivity index (χ2v) is 6.90. The Hall–Kier alpha value is -2.92. The lowest BCUT2D eigenvalue weighted by molar-refractivity contribution is 0.366. The average molecular weight is 363 g/mol. The summed E-state index contributed by atoms with van der Waals surface area (Å²) in [6.45, 7) is 3.33. The molecular weight excluding hydrogens is 344 g/mol. The Bertz CT molecular complexity index is 1010. The molecular formula is C22H19F2N3. The molecule has 0 unspecified atom stereocenters. The van der Waals surface area contributed by atoms with Gasteiger partial charge in [0.15, 0.2) is 0 Å². The van der Waals surface area contributed by atoms with Crippen LogP contribution in [0.3, 0.4) is 0 Å². The molecule has 1 aliphatic heterocycles. The van der Waals surface area contributed by atoms with Gasteiger partial charge in [0, 0.05) is 24.7 Å². The van der Waals surface area contributed by atoms with E-state index in [0.29, 0.717) is 12.1 Å². The van der Waals surface area contributed by atoms with Gasteiger partial charge in [-0.3, -0.25) is 4.90 Å². The Balaban J connectivity index is 1.82. The van der Waals surface area contributed by atoms with Gasteiger partial charge in [-0.15, -0.1) is 0 Å². The summed E-state index contributed by atoms with van der Waals surface area (Å²) in [7, 11) is 2.02. The number of benzene rings is 2. The number of aromatic nitrogens is 2. The van der Waals surface area contributed by atoms with Gasteiger partial charge in [0.1, 0.15) is 11.6 Å². The summed E-state index contributed by atoms with van der Waals surface area (Å²) >= 11 is 0. The normalized spacial score (nSPS) is 14.4. The Morgan fingerprint density at radius 2 is 1.67 bits per heavy atom. The first kappa shape index (κ1) is 17.5. The van der Waals surface area contributed by atoms with E-state index >= 15 is 0 Å². The summed E-state index contributed by atoms with van der Waals surface area (Å²) in [6.07, 6.45) is 2.02. The number of hydrogen-bond donors (Lipinski definition) is 0. The van der Waals surface area contributed by atoms with E-state index in [4.69, 9.17) is 0 Å². The Kier molecular flexibility index (Phi) is 4.54. The van der Waals surface area contributed by atoms with E-state index in [1.165, 1.54) is 12.1 Å². The maximum Gasteiger partial charge on any atom is 0.126 e. The highest BCUT2D eigenvalue weighted by Crippen LogP contribution is 2.32. The third-order valence-electron chi connectivity index (χ3n) is 4.71. The van der Waals surface area contributed by atoms with Crippen LogP contribution in [0.25, 0.3) is 16.8 Å². The number of likely N-dealkylation sites (N-methyl/N-ethyl adjacent to an activating group) is 1. The number of fused-ring (bicyclic) bond motifs is 1. The van der Waals surface area contributed by atoms with Crippen LogP contribution in [0.5, 0.6) is 0 Å². The molecule has 0 bridgehead atoms. The molecule has 2 aromatic carbocycles. The quantitative estimate of drug-likeness (QED) is 0.666. The van der Waals surface area contributed by atoms with Crippen LogP contribution in [-0.2, 0) is 6.54 Å². The van der Waals surface area contributed by atoms with Gasteiger partial charge >= 0.3 is 0 Å². The van der Waals surface area contributed by atoms with Crippen molar-refractivity contribution in [2.24, 2.45) is 0 Å². The molecule has 5 heteroatoms. The van der Waals surface area contributed by atoms with Crippen molar-refractivity contribution < 1.29 is 8.78 Å². The van der Waals surface area contributed by atoms with Crippen molar-refractivity contribution in [2.45, 2.75) is 13.5 Å². The van der Waals surface area contributed by atoms with E-state index in [1.807, 2.05) is 44.3 Å². The zero-order chi connectivity index (χ0) is 19.0. The molecule has 0 fully saturated rings. The number of hydrogen-bond acceptors (Lipinski definition) is 3. The number of aryl methyl sites for hydroxylation is 1. The Morgan fingerprint density at radius 1 is 0.889 bits per heavy atom. The van der Waals surface area contributed by atoms with Crippen LogP contribution in [-0.4, -0.2) is 28.7 Å². The average Bonchev–Trinajstić information content (AvgIpc) is 2.79. The van der Waals surface area contributed by atoms with E-state index in [2.05, 4.69) is 21.2 Å². The van der Waals surface area contributed by atoms with Crippen LogP contribution in [0.2, 0.25) is 0 Å². The van der Waals surface area contributed by atoms with Crippen molar-refractivity contribution in [3.8, 4) is 11.3 Å². The molecule has 27 heavy (non-hydrogen) atoms. The van der Waals surface area contributed by atoms with Gasteiger partial charge in [-0.2, -0.15) is 10.2 Å². The van der Waals surface area contributed by atoms with Crippen molar-refractivity contribution in [1.29, 1.82) is 0 Å². The van der Waals surface area contributed by atoms with Gasteiger partial charge < -0.3 is 0 Å². The van der Waals surface area contributed by atoms with Gasteiger partial charge in [0.25, 0.3) is 0 Å². The lowest BCUT2D eigenvalue weighted by Crippen LogP contribution is -2.16. The highest BCUT2D eigenvalue weighted by Gasteiger charge is 2.18. The number of halogens is 2. The Labute approximate surface area is 157 Å². The number of nitrogens with zero attached hydrogens (tertiary/aromatic N) is 3. The topological polar surface area (TPSA) is 29.0 Å². The summed E-state index contributed by atoms with van der Waals surface area (Å²) in [5.41, 5.74) is 6.10. The molecule has 3 nitrogen and oxygen atoms in total. The van der Waals surface area contributed by atoms with E-state index in [0.717, 1.165) is 46.3 Å². The zero-order valence-electron chi connectivity index (χ0n) is 15.2. The standard InChI is InChI=1S/C22H19F2N3/c1-14-3-6-22(26-25-14)15-4-5-20-17(9-15)13-27(2)8-7-21(20)16-10-18(23)12-19(24)11-16/h3-7,9-12H,8,13H2,1-2H3. The lowest BCUT2D eigenvalue weighted by atomic mass is 9.92. The summed E-state index contributed by atoms with van der Waals surface area (Å²) in [6, 6.07) is 13.6. The smallest absolute Gasteiger partial charge is 0.126 e. The first-order chi connectivity index (χ1) is 13.0. The molecule has 0 spiro atoms. The maximum atomic E-state index is 13.8. The molecule has 1 aromatic heterocycles. The maximum absolute atomic E-state index is 13.8. The van der Waals surface area contributed by atoms with Crippen molar-refractivity contribution in [3.05, 3.63) is 88.6 Å².